The van der Waals surface area contributed by atoms with Gasteiger partial charge in [0.05, 0.1) is 30.4 Å². The minimum absolute atomic E-state index is 0.127. The second-order valence-corrected chi connectivity index (χ2v) is 9.80. The van der Waals surface area contributed by atoms with Crippen molar-refractivity contribution in [3.8, 4) is 0 Å². The third-order valence-electron chi connectivity index (χ3n) is 5.68. The smallest absolute Gasteiger partial charge is 0.264 e. The molecular formula is C24H29FN4O3S. The second-order valence-electron chi connectivity index (χ2n) is 7.94. The molecule has 9 heteroatoms. The fourth-order valence-corrected chi connectivity index (χ4v) is 5.50. The third-order valence-corrected chi connectivity index (χ3v) is 7.44. The van der Waals surface area contributed by atoms with E-state index in [4.69, 9.17) is 4.74 Å². The number of halogens is 1. The van der Waals surface area contributed by atoms with E-state index < -0.39 is 15.8 Å². The van der Waals surface area contributed by atoms with Crippen LogP contribution in [-0.2, 0) is 14.8 Å². The molecular weight excluding hydrogens is 443 g/mol. The summed E-state index contributed by atoms with van der Waals surface area (Å²) in [4.78, 5) is 2.47. The van der Waals surface area contributed by atoms with Gasteiger partial charge in [-0.25, -0.2) is 12.8 Å². The first-order valence-electron chi connectivity index (χ1n) is 11.0. The Kier molecular flexibility index (Phi) is 7.32. The van der Waals surface area contributed by atoms with E-state index in [-0.39, 0.29) is 17.0 Å². The predicted octanol–water partition coefficient (Wildman–Crippen LogP) is 2.72. The predicted molar refractivity (Wildman–Crippen MR) is 128 cm³/mol. The van der Waals surface area contributed by atoms with Crippen LogP contribution in [0.3, 0.4) is 0 Å². The van der Waals surface area contributed by atoms with E-state index in [1.807, 2.05) is 6.07 Å². The molecule has 0 saturated carbocycles. The summed E-state index contributed by atoms with van der Waals surface area (Å²) in [5.74, 6) is -0.465. The molecule has 1 fully saturated rings. The van der Waals surface area contributed by atoms with E-state index in [1.54, 1.807) is 55.7 Å². The molecule has 2 aromatic carbocycles. The van der Waals surface area contributed by atoms with Gasteiger partial charge in [0.25, 0.3) is 10.0 Å². The number of sulfonamides is 1. The molecule has 33 heavy (non-hydrogen) atoms. The van der Waals surface area contributed by atoms with E-state index in [2.05, 4.69) is 15.5 Å². The highest BCUT2D eigenvalue weighted by molar-refractivity contribution is 7.89. The van der Waals surface area contributed by atoms with E-state index >= 15 is 0 Å². The van der Waals surface area contributed by atoms with Crippen molar-refractivity contribution in [1.29, 1.82) is 0 Å². The fourth-order valence-electron chi connectivity index (χ4n) is 3.99. The summed E-state index contributed by atoms with van der Waals surface area (Å²) >= 11 is 0. The fraction of sp³-hybridized carbons (Fsp3) is 0.333. The molecule has 0 atom stereocenters. The number of anilines is 1. The molecule has 0 aliphatic carbocycles. The number of nitrogens with zero attached hydrogens (tertiary/aromatic N) is 2. The Hall–Kier alpha value is -2.88. The van der Waals surface area contributed by atoms with Crippen LogP contribution in [0.25, 0.3) is 5.70 Å². The van der Waals surface area contributed by atoms with Gasteiger partial charge < -0.3 is 15.4 Å². The lowest BCUT2D eigenvalue weighted by atomic mass is 10.1. The van der Waals surface area contributed by atoms with E-state index in [0.29, 0.717) is 12.2 Å². The monoisotopic (exact) mass is 472 g/mol. The Morgan fingerprint density at radius 3 is 2.67 bits per heavy atom. The summed E-state index contributed by atoms with van der Waals surface area (Å²) in [5.41, 5.74) is 2.05. The largest absolute Gasteiger partial charge is 0.394 e. The van der Waals surface area contributed by atoms with Crippen LogP contribution >= 0.6 is 0 Å². The minimum Gasteiger partial charge on any atom is -0.394 e. The minimum atomic E-state index is -3.91. The zero-order valence-electron chi connectivity index (χ0n) is 18.6. The average molecular weight is 473 g/mol. The number of hydrogen-bond acceptors (Lipinski definition) is 6. The molecule has 176 valence electrons. The van der Waals surface area contributed by atoms with Gasteiger partial charge in [0.15, 0.2) is 0 Å². The molecule has 2 heterocycles. The van der Waals surface area contributed by atoms with Crippen molar-refractivity contribution in [1.82, 2.24) is 14.5 Å². The van der Waals surface area contributed by atoms with Crippen molar-refractivity contribution in [2.75, 3.05) is 58.3 Å². The van der Waals surface area contributed by atoms with Crippen LogP contribution in [0, 0.1) is 5.82 Å². The van der Waals surface area contributed by atoms with Crippen molar-refractivity contribution in [2.45, 2.75) is 4.90 Å². The summed E-state index contributed by atoms with van der Waals surface area (Å²) in [5, 5.41) is 6.24. The Balaban J connectivity index is 1.55. The molecule has 0 spiro atoms. The van der Waals surface area contributed by atoms with Gasteiger partial charge in [-0.3, -0.25) is 9.21 Å². The van der Waals surface area contributed by atoms with Crippen molar-refractivity contribution >= 4 is 21.4 Å². The lowest BCUT2D eigenvalue weighted by Gasteiger charge is -2.26. The Morgan fingerprint density at radius 2 is 1.91 bits per heavy atom. The van der Waals surface area contributed by atoms with Crippen LogP contribution in [0.1, 0.15) is 5.56 Å². The van der Waals surface area contributed by atoms with Gasteiger partial charge in [0.2, 0.25) is 0 Å². The lowest BCUT2D eigenvalue weighted by molar-refractivity contribution is 0.0398. The Labute approximate surface area is 194 Å². The first-order valence-corrected chi connectivity index (χ1v) is 12.4. The normalized spacial score (nSPS) is 18.4. The number of nitrogens with one attached hydrogen (secondary N) is 2. The van der Waals surface area contributed by atoms with Gasteiger partial charge in [0, 0.05) is 50.7 Å². The standard InChI is InChI=1S/C24H29FN4O3S/c1-26-17-19-15-24(22-7-2-3-8-23(22)25)29(18-19)33(30,31)21-6-4-5-20(16-21)27-9-10-28-11-13-32-14-12-28/h2-8,15-17,26-27H,9-14,18H2,1H3. The first kappa shape index (κ1) is 23.3. The molecule has 2 aromatic rings. The topological polar surface area (TPSA) is 73.9 Å². The first-order chi connectivity index (χ1) is 16.0. The summed E-state index contributed by atoms with van der Waals surface area (Å²) in [6.07, 6.45) is 3.43. The molecule has 0 radical (unpaired) electrons. The van der Waals surface area contributed by atoms with Crippen LogP contribution in [0.2, 0.25) is 0 Å². The highest BCUT2D eigenvalue weighted by Gasteiger charge is 2.33. The quantitative estimate of drug-likeness (QED) is 0.616. The summed E-state index contributed by atoms with van der Waals surface area (Å²) in [7, 11) is -2.17. The number of morpholine rings is 1. The Bertz CT molecular complexity index is 1140. The van der Waals surface area contributed by atoms with Crippen molar-refractivity contribution in [3.63, 3.8) is 0 Å². The van der Waals surface area contributed by atoms with Crippen LogP contribution in [-0.4, -0.2) is 70.6 Å². The van der Waals surface area contributed by atoms with Gasteiger partial charge in [-0.05, 0) is 42.0 Å². The second kappa shape index (κ2) is 10.4. The Morgan fingerprint density at radius 1 is 1.12 bits per heavy atom. The van der Waals surface area contributed by atoms with Gasteiger partial charge in [-0.2, -0.15) is 0 Å². The SMILES string of the molecule is CNC=C1C=C(c2ccccc2F)N(S(=O)(=O)c2cccc(NCCN3CCOCC3)c2)C1. The lowest BCUT2D eigenvalue weighted by Crippen LogP contribution is -2.39. The zero-order valence-corrected chi connectivity index (χ0v) is 19.4. The molecule has 0 unspecified atom stereocenters. The molecule has 2 aliphatic heterocycles. The van der Waals surface area contributed by atoms with Crippen molar-refractivity contribution in [2.24, 2.45) is 0 Å². The molecule has 0 bridgehead atoms. The van der Waals surface area contributed by atoms with E-state index in [0.717, 1.165) is 44.1 Å². The maximum atomic E-state index is 14.6. The van der Waals surface area contributed by atoms with Crippen molar-refractivity contribution in [3.05, 3.63) is 77.8 Å². The average Bonchev–Trinajstić information content (AvgIpc) is 3.25. The molecule has 4 rings (SSSR count). The molecule has 7 nitrogen and oxygen atoms in total. The highest BCUT2D eigenvalue weighted by Crippen LogP contribution is 2.35. The number of rotatable bonds is 8. The zero-order chi connectivity index (χ0) is 23.3. The van der Waals surface area contributed by atoms with Gasteiger partial charge in [-0.15, -0.1) is 0 Å². The number of hydrogen-bond donors (Lipinski definition) is 2. The molecule has 2 aliphatic rings. The summed E-state index contributed by atoms with van der Waals surface area (Å²) in [6, 6.07) is 13.0. The molecule has 1 saturated heterocycles. The molecule has 2 N–H and O–H groups in total. The molecule has 0 aromatic heterocycles. The van der Waals surface area contributed by atoms with Crippen molar-refractivity contribution < 1.29 is 17.5 Å². The van der Waals surface area contributed by atoms with Gasteiger partial charge >= 0.3 is 0 Å². The van der Waals surface area contributed by atoms with E-state index in [9.17, 15) is 12.8 Å². The van der Waals surface area contributed by atoms with E-state index in [1.165, 1.54) is 10.4 Å². The van der Waals surface area contributed by atoms with Crippen LogP contribution in [0.15, 0.2) is 71.3 Å². The molecule has 0 amide bonds. The number of ether oxygens (including phenoxy) is 1. The van der Waals surface area contributed by atoms with Gasteiger partial charge in [-0.1, -0.05) is 18.2 Å². The van der Waals surface area contributed by atoms with Crippen LogP contribution < -0.4 is 10.6 Å². The van der Waals surface area contributed by atoms with Crippen LogP contribution in [0.4, 0.5) is 10.1 Å². The van der Waals surface area contributed by atoms with Crippen LogP contribution in [0.5, 0.6) is 0 Å². The maximum absolute atomic E-state index is 14.6. The third kappa shape index (κ3) is 5.38. The maximum Gasteiger partial charge on any atom is 0.264 e. The van der Waals surface area contributed by atoms with Gasteiger partial charge in [0.1, 0.15) is 5.82 Å². The highest BCUT2D eigenvalue weighted by atomic mass is 32.2. The summed E-state index contributed by atoms with van der Waals surface area (Å²) in [6.45, 7) is 4.96. The summed E-state index contributed by atoms with van der Waals surface area (Å²) < 4.78 is 48.4. The number of benzene rings is 2.